The average Bonchev–Trinajstić information content (AvgIpc) is 2.00. The van der Waals surface area contributed by atoms with Gasteiger partial charge in [0, 0.05) is 19.6 Å². The van der Waals surface area contributed by atoms with Crippen molar-refractivity contribution in [1.82, 2.24) is 9.80 Å². The molecule has 0 saturated carbocycles. The minimum atomic E-state index is 0.946. The van der Waals surface area contributed by atoms with Crippen molar-refractivity contribution in [1.29, 1.82) is 0 Å². The third kappa shape index (κ3) is 2.76. The summed E-state index contributed by atoms with van der Waals surface area (Å²) in [6.45, 7) is 10.9. The van der Waals surface area contributed by atoms with Gasteiger partial charge in [-0.05, 0) is 32.5 Å². The van der Waals surface area contributed by atoms with Gasteiger partial charge in [0.1, 0.15) is 0 Å². The molecule has 1 rings (SSSR count). The molecular weight excluding hydrogens is 148 g/mol. The predicted octanol–water partition coefficient (Wildman–Crippen LogP) is 1.28. The number of likely N-dealkylation sites (tertiary alicyclic amines) is 1. The standard InChI is InChI=1S/C10H22N2/c1-4-6-12-8-10(9-12)7-11(3)5-2/h10H,4-9H2,1-3H3. The van der Waals surface area contributed by atoms with Crippen molar-refractivity contribution >= 4 is 0 Å². The maximum Gasteiger partial charge on any atom is 0.00343 e. The largest absolute Gasteiger partial charge is 0.306 e. The summed E-state index contributed by atoms with van der Waals surface area (Å²) in [5, 5.41) is 0. The summed E-state index contributed by atoms with van der Waals surface area (Å²) in [4.78, 5) is 4.96. The molecule has 1 saturated heterocycles. The Balaban J connectivity index is 2.01. The zero-order valence-corrected chi connectivity index (χ0v) is 8.71. The van der Waals surface area contributed by atoms with Crippen LogP contribution in [0.5, 0.6) is 0 Å². The van der Waals surface area contributed by atoms with Crippen molar-refractivity contribution in [2.75, 3.05) is 39.8 Å². The van der Waals surface area contributed by atoms with E-state index in [0.29, 0.717) is 0 Å². The van der Waals surface area contributed by atoms with E-state index in [1.54, 1.807) is 0 Å². The summed E-state index contributed by atoms with van der Waals surface area (Å²) in [5.74, 6) is 0.946. The van der Waals surface area contributed by atoms with Crippen molar-refractivity contribution < 1.29 is 0 Å². The van der Waals surface area contributed by atoms with E-state index in [-0.39, 0.29) is 0 Å². The first-order valence-corrected chi connectivity index (χ1v) is 5.17. The molecule has 0 radical (unpaired) electrons. The van der Waals surface area contributed by atoms with E-state index in [2.05, 4.69) is 30.7 Å². The molecule has 0 aliphatic carbocycles. The van der Waals surface area contributed by atoms with Gasteiger partial charge in [0.05, 0.1) is 0 Å². The molecule has 12 heavy (non-hydrogen) atoms. The summed E-state index contributed by atoms with van der Waals surface area (Å²) in [6, 6.07) is 0. The van der Waals surface area contributed by atoms with E-state index >= 15 is 0 Å². The van der Waals surface area contributed by atoms with Gasteiger partial charge in [-0.2, -0.15) is 0 Å². The van der Waals surface area contributed by atoms with E-state index < -0.39 is 0 Å². The third-order valence-electron chi connectivity index (χ3n) is 2.68. The van der Waals surface area contributed by atoms with E-state index in [0.717, 1.165) is 5.92 Å². The van der Waals surface area contributed by atoms with Gasteiger partial charge in [0.15, 0.2) is 0 Å². The summed E-state index contributed by atoms with van der Waals surface area (Å²) < 4.78 is 0. The maximum absolute atomic E-state index is 2.55. The average molecular weight is 170 g/mol. The van der Waals surface area contributed by atoms with Crippen LogP contribution < -0.4 is 0 Å². The Hall–Kier alpha value is -0.0800. The quantitative estimate of drug-likeness (QED) is 0.613. The molecule has 0 atom stereocenters. The zero-order chi connectivity index (χ0) is 8.97. The van der Waals surface area contributed by atoms with Crippen molar-refractivity contribution in [3.63, 3.8) is 0 Å². The molecule has 1 fully saturated rings. The van der Waals surface area contributed by atoms with Gasteiger partial charge in [-0.1, -0.05) is 13.8 Å². The Morgan fingerprint density at radius 2 is 2.00 bits per heavy atom. The fourth-order valence-electron chi connectivity index (χ4n) is 1.86. The van der Waals surface area contributed by atoms with Crippen LogP contribution in [0.2, 0.25) is 0 Å². The second-order valence-corrected chi connectivity index (χ2v) is 3.98. The second kappa shape index (κ2) is 4.83. The van der Waals surface area contributed by atoms with Crippen molar-refractivity contribution in [3.8, 4) is 0 Å². The number of hydrogen-bond donors (Lipinski definition) is 0. The van der Waals surface area contributed by atoms with Crippen molar-refractivity contribution in [3.05, 3.63) is 0 Å². The van der Waals surface area contributed by atoms with Crippen LogP contribution in [-0.4, -0.2) is 49.6 Å². The Kier molecular flexibility index (Phi) is 4.02. The monoisotopic (exact) mass is 170 g/mol. The highest BCUT2D eigenvalue weighted by Gasteiger charge is 2.25. The highest BCUT2D eigenvalue weighted by atomic mass is 15.2. The molecule has 72 valence electrons. The zero-order valence-electron chi connectivity index (χ0n) is 8.71. The van der Waals surface area contributed by atoms with E-state index in [1.165, 1.54) is 39.1 Å². The third-order valence-corrected chi connectivity index (χ3v) is 2.68. The molecule has 2 heteroatoms. The van der Waals surface area contributed by atoms with Crippen LogP contribution in [0.4, 0.5) is 0 Å². The van der Waals surface area contributed by atoms with Gasteiger partial charge in [0.25, 0.3) is 0 Å². The molecule has 0 aromatic carbocycles. The molecular formula is C10H22N2. The SMILES string of the molecule is CCCN1CC(CN(C)CC)C1. The lowest BCUT2D eigenvalue weighted by atomic mass is 9.99. The number of rotatable bonds is 5. The Labute approximate surface area is 76.5 Å². The molecule has 0 aromatic rings. The first kappa shape index (κ1) is 10.0. The molecule has 2 nitrogen and oxygen atoms in total. The van der Waals surface area contributed by atoms with Crippen LogP contribution in [0.15, 0.2) is 0 Å². The summed E-state index contributed by atoms with van der Waals surface area (Å²) in [5.41, 5.74) is 0. The van der Waals surface area contributed by atoms with Gasteiger partial charge in [-0.15, -0.1) is 0 Å². The fourth-order valence-corrected chi connectivity index (χ4v) is 1.86. The highest BCUT2D eigenvalue weighted by Crippen LogP contribution is 2.15. The van der Waals surface area contributed by atoms with Gasteiger partial charge in [0.2, 0.25) is 0 Å². The molecule has 0 bridgehead atoms. The van der Waals surface area contributed by atoms with Crippen LogP contribution in [0.3, 0.4) is 0 Å². The van der Waals surface area contributed by atoms with Crippen molar-refractivity contribution in [2.45, 2.75) is 20.3 Å². The lowest BCUT2D eigenvalue weighted by Gasteiger charge is -2.40. The molecule has 1 aliphatic rings. The molecule has 0 amide bonds. The predicted molar refractivity (Wildman–Crippen MR) is 53.4 cm³/mol. The first-order valence-electron chi connectivity index (χ1n) is 5.17. The minimum absolute atomic E-state index is 0.946. The van der Waals surface area contributed by atoms with Crippen LogP contribution in [0.1, 0.15) is 20.3 Å². The highest BCUT2D eigenvalue weighted by molar-refractivity contribution is 4.80. The topological polar surface area (TPSA) is 6.48 Å². The Morgan fingerprint density at radius 3 is 2.50 bits per heavy atom. The van der Waals surface area contributed by atoms with Crippen LogP contribution in [0, 0.1) is 5.92 Å². The van der Waals surface area contributed by atoms with Crippen LogP contribution in [0.25, 0.3) is 0 Å². The molecule has 1 heterocycles. The first-order chi connectivity index (χ1) is 5.76. The lowest BCUT2D eigenvalue weighted by molar-refractivity contribution is 0.0759. The number of nitrogens with zero attached hydrogens (tertiary/aromatic N) is 2. The van der Waals surface area contributed by atoms with Gasteiger partial charge < -0.3 is 9.80 Å². The van der Waals surface area contributed by atoms with Gasteiger partial charge >= 0.3 is 0 Å². The molecule has 1 aliphatic heterocycles. The lowest BCUT2D eigenvalue weighted by Crippen LogP contribution is -2.50. The van der Waals surface area contributed by atoms with Crippen molar-refractivity contribution in [2.24, 2.45) is 5.92 Å². The molecule has 0 aromatic heterocycles. The smallest absolute Gasteiger partial charge is 0.00343 e. The van der Waals surface area contributed by atoms with E-state index in [9.17, 15) is 0 Å². The Bertz CT molecular complexity index is 119. The second-order valence-electron chi connectivity index (χ2n) is 3.98. The minimum Gasteiger partial charge on any atom is -0.306 e. The summed E-state index contributed by atoms with van der Waals surface area (Å²) in [7, 11) is 2.21. The van der Waals surface area contributed by atoms with Gasteiger partial charge in [-0.25, -0.2) is 0 Å². The summed E-state index contributed by atoms with van der Waals surface area (Å²) in [6.07, 6.45) is 1.30. The normalized spacial score (nSPS) is 20.0. The fraction of sp³-hybridized carbons (Fsp3) is 1.00. The van der Waals surface area contributed by atoms with Crippen LogP contribution in [-0.2, 0) is 0 Å². The molecule has 0 N–H and O–H groups in total. The summed E-state index contributed by atoms with van der Waals surface area (Å²) >= 11 is 0. The van der Waals surface area contributed by atoms with Gasteiger partial charge in [-0.3, -0.25) is 0 Å². The van der Waals surface area contributed by atoms with Crippen LogP contribution >= 0.6 is 0 Å². The number of hydrogen-bond acceptors (Lipinski definition) is 2. The van der Waals surface area contributed by atoms with E-state index in [4.69, 9.17) is 0 Å². The molecule has 0 unspecified atom stereocenters. The Morgan fingerprint density at radius 1 is 1.33 bits per heavy atom. The maximum atomic E-state index is 2.55. The van der Waals surface area contributed by atoms with E-state index in [1.807, 2.05) is 0 Å². The molecule has 0 spiro atoms.